The maximum absolute atomic E-state index is 13.0. The summed E-state index contributed by atoms with van der Waals surface area (Å²) in [6.07, 6.45) is 9.81. The zero-order valence-corrected chi connectivity index (χ0v) is 17.7. The zero-order chi connectivity index (χ0) is 20.3. The van der Waals surface area contributed by atoms with Gasteiger partial charge >= 0.3 is 0 Å². The lowest BCUT2D eigenvalue weighted by atomic mass is 9.71. The highest BCUT2D eigenvalue weighted by atomic mass is 16.2. The molecule has 0 unspecified atom stereocenters. The topological polar surface area (TPSA) is 23.6 Å². The number of carbonyl (C=O) groups is 1. The van der Waals surface area contributed by atoms with E-state index in [0.717, 1.165) is 38.9 Å². The van der Waals surface area contributed by atoms with E-state index in [1.54, 1.807) is 0 Å². The largest absolute Gasteiger partial charge is 0.336 e. The summed E-state index contributed by atoms with van der Waals surface area (Å²) < 4.78 is 0. The number of carbonyl (C=O) groups excluding carboxylic acids is 1. The van der Waals surface area contributed by atoms with Crippen molar-refractivity contribution in [3.05, 3.63) is 77.9 Å². The second-order valence-corrected chi connectivity index (χ2v) is 9.31. The van der Waals surface area contributed by atoms with E-state index in [4.69, 9.17) is 0 Å². The second-order valence-electron chi connectivity index (χ2n) is 9.31. The lowest BCUT2D eigenvalue weighted by molar-refractivity contribution is -0.152. The zero-order valence-electron chi connectivity index (χ0n) is 17.7. The minimum atomic E-state index is 0.349. The highest BCUT2D eigenvalue weighted by molar-refractivity contribution is 5.78. The molecule has 3 heteroatoms. The third-order valence-corrected chi connectivity index (χ3v) is 7.33. The molecule has 156 valence electrons. The molecule has 2 aromatic carbocycles. The maximum atomic E-state index is 13.0. The van der Waals surface area contributed by atoms with Gasteiger partial charge in [0.1, 0.15) is 0 Å². The van der Waals surface area contributed by atoms with Crippen LogP contribution in [0.2, 0.25) is 0 Å². The molecular weight excluding hydrogens is 368 g/mol. The van der Waals surface area contributed by atoms with Crippen molar-refractivity contribution in [1.82, 2.24) is 9.80 Å². The Hall–Kier alpha value is -2.39. The molecule has 2 bridgehead atoms. The van der Waals surface area contributed by atoms with Gasteiger partial charge in [-0.15, -0.1) is 0 Å². The van der Waals surface area contributed by atoms with E-state index < -0.39 is 0 Å². The molecule has 3 fully saturated rings. The van der Waals surface area contributed by atoms with Crippen LogP contribution in [0, 0.1) is 11.8 Å². The Kier molecular flexibility index (Phi) is 5.72. The van der Waals surface area contributed by atoms with Crippen molar-refractivity contribution in [1.29, 1.82) is 0 Å². The Morgan fingerprint density at radius 1 is 0.933 bits per heavy atom. The molecule has 5 rings (SSSR count). The summed E-state index contributed by atoms with van der Waals surface area (Å²) >= 11 is 0. The summed E-state index contributed by atoms with van der Waals surface area (Å²) in [5.41, 5.74) is 2.62. The van der Waals surface area contributed by atoms with Crippen molar-refractivity contribution in [2.75, 3.05) is 19.6 Å². The lowest BCUT2D eigenvalue weighted by Crippen LogP contribution is -2.65. The van der Waals surface area contributed by atoms with Gasteiger partial charge in [0.25, 0.3) is 0 Å². The standard InChI is InChI=1S/C27H32N2O/c30-27-15-7-14-25-23-18-24(26(29(25)27)17-22-11-5-2-6-12-22)20-28(19-23)16-8-13-21-9-3-1-4-10-21/h1-6,8-13,23-26H,7,14-20H2/t23-,24+,25+,26+/m1/s1. The quantitative estimate of drug-likeness (QED) is 0.730. The molecule has 3 nitrogen and oxygen atoms in total. The van der Waals surface area contributed by atoms with Crippen molar-refractivity contribution < 1.29 is 4.79 Å². The third-order valence-electron chi connectivity index (χ3n) is 7.33. The molecule has 0 saturated carbocycles. The lowest BCUT2D eigenvalue weighted by Gasteiger charge is -2.56. The first-order chi connectivity index (χ1) is 14.8. The van der Waals surface area contributed by atoms with Crippen LogP contribution >= 0.6 is 0 Å². The Balaban J connectivity index is 1.34. The molecule has 3 aliphatic heterocycles. The Labute approximate surface area is 180 Å². The normalized spacial score (nSPS) is 29.2. The van der Waals surface area contributed by atoms with Crippen molar-refractivity contribution in [3.8, 4) is 0 Å². The molecule has 1 amide bonds. The first-order valence-corrected chi connectivity index (χ1v) is 11.6. The van der Waals surface area contributed by atoms with Crippen LogP contribution in [0.25, 0.3) is 6.08 Å². The molecule has 3 saturated heterocycles. The summed E-state index contributed by atoms with van der Waals surface area (Å²) in [4.78, 5) is 17.9. The van der Waals surface area contributed by atoms with Crippen LogP contribution in [0.3, 0.4) is 0 Å². The predicted octanol–water partition coefficient (Wildman–Crippen LogP) is 4.64. The second kappa shape index (κ2) is 8.77. The van der Waals surface area contributed by atoms with Crippen molar-refractivity contribution >= 4 is 12.0 Å². The van der Waals surface area contributed by atoms with Crippen LogP contribution in [0.15, 0.2) is 66.7 Å². The number of benzene rings is 2. The van der Waals surface area contributed by atoms with Gasteiger partial charge in [-0.2, -0.15) is 0 Å². The maximum Gasteiger partial charge on any atom is 0.223 e. The summed E-state index contributed by atoms with van der Waals surface area (Å²) in [6.45, 7) is 3.23. The predicted molar refractivity (Wildman–Crippen MR) is 122 cm³/mol. The van der Waals surface area contributed by atoms with E-state index in [2.05, 4.69) is 82.6 Å². The highest BCUT2D eigenvalue weighted by Crippen LogP contribution is 2.42. The van der Waals surface area contributed by atoms with Gasteiger partial charge in [0.2, 0.25) is 5.91 Å². The number of nitrogens with zero attached hydrogens (tertiary/aromatic N) is 2. The van der Waals surface area contributed by atoms with E-state index in [9.17, 15) is 4.79 Å². The van der Waals surface area contributed by atoms with Crippen LogP contribution < -0.4 is 0 Å². The fraction of sp³-hybridized carbons (Fsp3) is 0.444. The minimum absolute atomic E-state index is 0.349. The average Bonchev–Trinajstić information content (AvgIpc) is 2.78. The third kappa shape index (κ3) is 4.09. The van der Waals surface area contributed by atoms with Gasteiger partial charge in [-0.05, 0) is 48.6 Å². The monoisotopic (exact) mass is 400 g/mol. The molecular formula is C27H32N2O. The molecule has 2 aromatic rings. The number of fused-ring (bicyclic) bond motifs is 4. The number of rotatable bonds is 5. The van der Waals surface area contributed by atoms with Crippen molar-refractivity contribution in [3.63, 3.8) is 0 Å². The van der Waals surface area contributed by atoms with Gasteiger partial charge in [-0.1, -0.05) is 72.8 Å². The summed E-state index contributed by atoms with van der Waals surface area (Å²) in [5.74, 6) is 1.61. The Morgan fingerprint density at radius 3 is 2.47 bits per heavy atom. The molecule has 0 N–H and O–H groups in total. The fourth-order valence-electron chi connectivity index (χ4n) is 6.04. The molecule has 0 radical (unpaired) electrons. The molecule has 4 atom stereocenters. The number of hydrogen-bond donors (Lipinski definition) is 0. The number of amides is 1. The minimum Gasteiger partial charge on any atom is -0.336 e. The summed E-state index contributed by atoms with van der Waals surface area (Å²) in [5, 5.41) is 0. The van der Waals surface area contributed by atoms with Crippen LogP contribution in [-0.2, 0) is 11.2 Å². The fourth-order valence-corrected chi connectivity index (χ4v) is 6.04. The average molecular weight is 401 g/mol. The van der Waals surface area contributed by atoms with Gasteiger partial charge in [0.15, 0.2) is 0 Å². The molecule has 30 heavy (non-hydrogen) atoms. The summed E-state index contributed by atoms with van der Waals surface area (Å²) in [6, 6.07) is 22.1. The molecule has 0 spiro atoms. The van der Waals surface area contributed by atoms with Crippen LogP contribution in [0.1, 0.15) is 36.8 Å². The van der Waals surface area contributed by atoms with E-state index >= 15 is 0 Å². The van der Waals surface area contributed by atoms with Crippen molar-refractivity contribution in [2.24, 2.45) is 11.8 Å². The van der Waals surface area contributed by atoms with Crippen LogP contribution in [-0.4, -0.2) is 47.4 Å². The first-order valence-electron chi connectivity index (χ1n) is 11.6. The van der Waals surface area contributed by atoms with Crippen LogP contribution in [0.4, 0.5) is 0 Å². The number of likely N-dealkylation sites (tertiary alicyclic amines) is 1. The Bertz CT molecular complexity index is 878. The first kappa shape index (κ1) is 19.6. The Morgan fingerprint density at radius 2 is 1.67 bits per heavy atom. The SMILES string of the molecule is O=C1CCC[C@H]2[C@@H]3C[C@@H](CN(CC=Cc4ccccc4)C3)[C@H](Cc3ccccc3)N12. The number of piperidine rings is 3. The van der Waals surface area contributed by atoms with Gasteiger partial charge < -0.3 is 4.90 Å². The van der Waals surface area contributed by atoms with E-state index in [-0.39, 0.29) is 0 Å². The number of hydrogen-bond acceptors (Lipinski definition) is 2. The van der Waals surface area contributed by atoms with Crippen molar-refractivity contribution in [2.45, 2.75) is 44.2 Å². The van der Waals surface area contributed by atoms with E-state index in [0.29, 0.717) is 29.8 Å². The smallest absolute Gasteiger partial charge is 0.223 e. The van der Waals surface area contributed by atoms with E-state index in [1.807, 2.05) is 0 Å². The summed E-state index contributed by atoms with van der Waals surface area (Å²) in [7, 11) is 0. The van der Waals surface area contributed by atoms with Gasteiger partial charge in [-0.3, -0.25) is 9.69 Å². The van der Waals surface area contributed by atoms with Gasteiger partial charge in [0.05, 0.1) is 0 Å². The molecule has 0 aromatic heterocycles. The van der Waals surface area contributed by atoms with Gasteiger partial charge in [-0.25, -0.2) is 0 Å². The van der Waals surface area contributed by atoms with E-state index in [1.165, 1.54) is 24.0 Å². The van der Waals surface area contributed by atoms with Crippen LogP contribution in [0.5, 0.6) is 0 Å². The van der Waals surface area contributed by atoms with Gasteiger partial charge in [0, 0.05) is 38.1 Å². The molecule has 3 aliphatic rings. The molecule has 3 heterocycles. The molecule has 0 aliphatic carbocycles. The highest BCUT2D eigenvalue weighted by Gasteiger charge is 2.48.